The maximum Gasteiger partial charge on any atom is 0.258 e. The molecule has 0 aromatic heterocycles. The Bertz CT molecular complexity index is 742. The maximum absolute atomic E-state index is 12.2. The summed E-state index contributed by atoms with van der Waals surface area (Å²) in [6, 6.07) is 16.1. The first-order valence-corrected chi connectivity index (χ1v) is 9.60. The van der Waals surface area contributed by atoms with Gasteiger partial charge in [-0.25, -0.2) is 0 Å². The highest BCUT2D eigenvalue weighted by atomic mass is 16.5. The number of carbonyl (C=O) groups is 1. The van der Waals surface area contributed by atoms with Crippen LogP contribution in [0.2, 0.25) is 0 Å². The number of nitrogens with one attached hydrogen (secondary N) is 1. The van der Waals surface area contributed by atoms with Crippen LogP contribution in [0.5, 0.6) is 5.75 Å². The summed E-state index contributed by atoms with van der Waals surface area (Å²) in [4.78, 5) is 14.6. The summed E-state index contributed by atoms with van der Waals surface area (Å²) in [7, 11) is 0. The number of carbonyl (C=O) groups excluding carboxylic acids is 1. The Morgan fingerprint density at radius 3 is 2.67 bits per heavy atom. The highest BCUT2D eigenvalue weighted by Gasteiger charge is 2.13. The SMILES string of the molecule is CCc1cccc(OCC(=O)NCc2ccccc2CN2CCOCC2)c1. The lowest BCUT2D eigenvalue weighted by Gasteiger charge is -2.27. The van der Waals surface area contributed by atoms with Gasteiger partial charge in [0.2, 0.25) is 0 Å². The molecule has 1 saturated heterocycles. The number of amides is 1. The summed E-state index contributed by atoms with van der Waals surface area (Å²) in [5.41, 5.74) is 3.59. The van der Waals surface area contributed by atoms with Crippen molar-refractivity contribution >= 4 is 5.91 Å². The molecule has 2 aromatic rings. The minimum absolute atomic E-state index is 0.0266. The number of hydrogen-bond acceptors (Lipinski definition) is 4. The second-order valence-corrected chi connectivity index (χ2v) is 6.72. The largest absolute Gasteiger partial charge is 0.484 e. The summed E-state index contributed by atoms with van der Waals surface area (Å²) in [5, 5.41) is 2.97. The lowest BCUT2D eigenvalue weighted by Crippen LogP contribution is -2.36. The molecule has 1 aliphatic rings. The van der Waals surface area contributed by atoms with Gasteiger partial charge in [-0.15, -0.1) is 0 Å². The highest BCUT2D eigenvalue weighted by molar-refractivity contribution is 5.77. The van der Waals surface area contributed by atoms with Gasteiger partial charge in [0.05, 0.1) is 13.2 Å². The highest BCUT2D eigenvalue weighted by Crippen LogP contribution is 2.14. The number of aryl methyl sites for hydroxylation is 1. The van der Waals surface area contributed by atoms with Crippen LogP contribution in [0.25, 0.3) is 0 Å². The minimum atomic E-state index is -0.113. The molecule has 1 N–H and O–H groups in total. The standard InChI is InChI=1S/C22H28N2O3/c1-2-18-6-5-9-21(14-18)27-17-22(25)23-15-19-7-3-4-8-20(19)16-24-10-12-26-13-11-24/h3-9,14H,2,10-13,15-17H2,1H3,(H,23,25). The molecule has 0 spiro atoms. The molecule has 5 nitrogen and oxygen atoms in total. The third-order valence-corrected chi connectivity index (χ3v) is 4.77. The number of hydrogen-bond donors (Lipinski definition) is 1. The van der Waals surface area contributed by atoms with Crippen molar-refractivity contribution in [3.8, 4) is 5.75 Å². The van der Waals surface area contributed by atoms with Crippen molar-refractivity contribution in [3.63, 3.8) is 0 Å². The molecule has 0 aliphatic carbocycles. The molecule has 144 valence electrons. The molecule has 2 aromatic carbocycles. The van der Waals surface area contributed by atoms with Gasteiger partial charge in [0.25, 0.3) is 5.91 Å². The van der Waals surface area contributed by atoms with Gasteiger partial charge in [0.1, 0.15) is 5.75 Å². The number of ether oxygens (including phenoxy) is 2. The van der Waals surface area contributed by atoms with Gasteiger partial charge in [-0.3, -0.25) is 9.69 Å². The second-order valence-electron chi connectivity index (χ2n) is 6.72. The third-order valence-electron chi connectivity index (χ3n) is 4.77. The lowest BCUT2D eigenvalue weighted by molar-refractivity contribution is -0.123. The molecule has 1 fully saturated rings. The van der Waals surface area contributed by atoms with E-state index in [4.69, 9.17) is 9.47 Å². The molecule has 5 heteroatoms. The molecule has 3 rings (SSSR count). The van der Waals surface area contributed by atoms with Gasteiger partial charge < -0.3 is 14.8 Å². The molecule has 1 amide bonds. The topological polar surface area (TPSA) is 50.8 Å². The van der Waals surface area contributed by atoms with Crippen LogP contribution < -0.4 is 10.1 Å². The first kappa shape index (κ1) is 19.4. The monoisotopic (exact) mass is 368 g/mol. The zero-order valence-corrected chi connectivity index (χ0v) is 15.9. The summed E-state index contributed by atoms with van der Waals surface area (Å²) in [6.07, 6.45) is 0.948. The number of rotatable bonds is 8. The van der Waals surface area contributed by atoms with Crippen molar-refractivity contribution in [2.75, 3.05) is 32.9 Å². The van der Waals surface area contributed by atoms with E-state index < -0.39 is 0 Å². The summed E-state index contributed by atoms with van der Waals surface area (Å²) < 4.78 is 11.0. The van der Waals surface area contributed by atoms with Gasteiger partial charge in [0, 0.05) is 26.2 Å². The molecule has 27 heavy (non-hydrogen) atoms. The van der Waals surface area contributed by atoms with E-state index in [1.165, 1.54) is 11.1 Å². The van der Waals surface area contributed by atoms with E-state index in [0.717, 1.165) is 50.6 Å². The van der Waals surface area contributed by atoms with Gasteiger partial charge in [-0.1, -0.05) is 43.3 Å². The van der Waals surface area contributed by atoms with E-state index in [9.17, 15) is 4.79 Å². The van der Waals surface area contributed by atoms with Crippen LogP contribution in [0, 0.1) is 0 Å². The number of benzene rings is 2. The Hall–Kier alpha value is -2.37. The summed E-state index contributed by atoms with van der Waals surface area (Å²) in [6.45, 7) is 6.99. The molecular weight excluding hydrogens is 340 g/mol. The Kier molecular flexibility index (Phi) is 7.25. The molecular formula is C22H28N2O3. The fourth-order valence-electron chi connectivity index (χ4n) is 3.13. The van der Waals surface area contributed by atoms with Crippen LogP contribution in [0.4, 0.5) is 0 Å². The average molecular weight is 368 g/mol. The van der Waals surface area contributed by atoms with Gasteiger partial charge in [0.15, 0.2) is 6.61 Å². The van der Waals surface area contributed by atoms with Gasteiger partial charge in [-0.2, -0.15) is 0 Å². The van der Waals surface area contributed by atoms with E-state index in [1.807, 2.05) is 30.3 Å². The van der Waals surface area contributed by atoms with Crippen LogP contribution in [0.15, 0.2) is 48.5 Å². The first-order valence-electron chi connectivity index (χ1n) is 9.60. The number of nitrogens with zero attached hydrogens (tertiary/aromatic N) is 1. The average Bonchev–Trinajstić information content (AvgIpc) is 2.72. The first-order chi connectivity index (χ1) is 13.2. The van der Waals surface area contributed by atoms with E-state index >= 15 is 0 Å². The van der Waals surface area contributed by atoms with Crippen LogP contribution >= 0.6 is 0 Å². The summed E-state index contributed by atoms with van der Waals surface area (Å²) >= 11 is 0. The molecule has 0 saturated carbocycles. The Balaban J connectivity index is 1.49. The van der Waals surface area contributed by atoms with E-state index in [-0.39, 0.29) is 12.5 Å². The van der Waals surface area contributed by atoms with Crippen LogP contribution in [0.3, 0.4) is 0 Å². The van der Waals surface area contributed by atoms with Crippen molar-refractivity contribution in [3.05, 3.63) is 65.2 Å². The Labute approximate surface area is 161 Å². The van der Waals surface area contributed by atoms with Crippen LogP contribution in [-0.2, 0) is 29.0 Å². The van der Waals surface area contributed by atoms with Crippen molar-refractivity contribution in [2.24, 2.45) is 0 Å². The van der Waals surface area contributed by atoms with E-state index in [0.29, 0.717) is 6.54 Å². The van der Waals surface area contributed by atoms with Crippen LogP contribution in [0.1, 0.15) is 23.6 Å². The lowest BCUT2D eigenvalue weighted by atomic mass is 10.1. The fourth-order valence-corrected chi connectivity index (χ4v) is 3.13. The zero-order chi connectivity index (χ0) is 18.9. The minimum Gasteiger partial charge on any atom is -0.484 e. The Morgan fingerprint density at radius 1 is 1.11 bits per heavy atom. The predicted molar refractivity (Wildman–Crippen MR) is 106 cm³/mol. The molecule has 0 unspecified atom stereocenters. The third kappa shape index (κ3) is 6.08. The zero-order valence-electron chi connectivity index (χ0n) is 15.9. The van der Waals surface area contributed by atoms with Crippen molar-refractivity contribution in [2.45, 2.75) is 26.4 Å². The quantitative estimate of drug-likeness (QED) is 0.778. The van der Waals surface area contributed by atoms with Crippen LogP contribution in [-0.4, -0.2) is 43.7 Å². The summed E-state index contributed by atoms with van der Waals surface area (Å²) in [5.74, 6) is 0.621. The van der Waals surface area contributed by atoms with Crippen molar-refractivity contribution < 1.29 is 14.3 Å². The predicted octanol–water partition coefficient (Wildman–Crippen LogP) is 2.78. The van der Waals surface area contributed by atoms with E-state index in [2.05, 4.69) is 35.3 Å². The maximum atomic E-state index is 12.2. The van der Waals surface area contributed by atoms with E-state index in [1.54, 1.807) is 0 Å². The van der Waals surface area contributed by atoms with Gasteiger partial charge >= 0.3 is 0 Å². The molecule has 0 bridgehead atoms. The molecule has 0 radical (unpaired) electrons. The Morgan fingerprint density at radius 2 is 1.89 bits per heavy atom. The molecule has 1 aliphatic heterocycles. The normalized spacial score (nSPS) is 14.7. The molecule has 0 atom stereocenters. The molecule has 1 heterocycles. The second kappa shape index (κ2) is 10.1. The van der Waals surface area contributed by atoms with Crippen molar-refractivity contribution in [1.82, 2.24) is 10.2 Å². The number of morpholine rings is 1. The van der Waals surface area contributed by atoms with Gasteiger partial charge in [-0.05, 0) is 35.2 Å². The smallest absolute Gasteiger partial charge is 0.258 e. The van der Waals surface area contributed by atoms with Crippen molar-refractivity contribution in [1.29, 1.82) is 0 Å². The fraction of sp³-hybridized carbons (Fsp3) is 0.409.